The van der Waals surface area contributed by atoms with Crippen LogP contribution >= 0.6 is 0 Å². The molecule has 0 aromatic heterocycles. The van der Waals surface area contributed by atoms with Crippen LogP contribution in [-0.4, -0.2) is 35.0 Å². The van der Waals surface area contributed by atoms with Crippen molar-refractivity contribution in [2.45, 2.75) is 26.7 Å². The Morgan fingerprint density at radius 3 is 2.57 bits per heavy atom. The van der Waals surface area contributed by atoms with Crippen LogP contribution < -0.4 is 0 Å². The van der Waals surface area contributed by atoms with Gasteiger partial charge in [-0.05, 0) is 12.8 Å². The highest BCUT2D eigenvalue weighted by Crippen LogP contribution is 2.27. The lowest BCUT2D eigenvalue weighted by atomic mass is 9.93. The quantitative estimate of drug-likeness (QED) is 0.733. The van der Waals surface area contributed by atoms with E-state index >= 15 is 0 Å². The van der Waals surface area contributed by atoms with Crippen LogP contribution in [-0.2, 0) is 9.59 Å². The Hall–Kier alpha value is -1.06. The lowest BCUT2D eigenvalue weighted by Crippen LogP contribution is -2.27. The molecule has 14 heavy (non-hydrogen) atoms. The summed E-state index contributed by atoms with van der Waals surface area (Å²) in [6.45, 7) is 4.93. The molecule has 1 saturated heterocycles. The van der Waals surface area contributed by atoms with Gasteiger partial charge in [0.05, 0.1) is 11.8 Å². The van der Waals surface area contributed by atoms with Crippen molar-refractivity contribution in [3.63, 3.8) is 0 Å². The van der Waals surface area contributed by atoms with Gasteiger partial charge in [-0.15, -0.1) is 0 Å². The topological polar surface area (TPSA) is 57.6 Å². The molecular weight excluding hydrogens is 182 g/mol. The molecule has 1 N–H and O–H groups in total. The second kappa shape index (κ2) is 4.44. The van der Waals surface area contributed by atoms with Crippen LogP contribution in [0.15, 0.2) is 0 Å². The predicted octanol–water partition coefficient (Wildman–Crippen LogP) is 0.966. The van der Waals surface area contributed by atoms with Gasteiger partial charge in [0.15, 0.2) is 0 Å². The fraction of sp³-hybridized carbons (Fsp3) is 0.800. The van der Waals surface area contributed by atoms with E-state index < -0.39 is 11.9 Å². The van der Waals surface area contributed by atoms with Crippen molar-refractivity contribution in [3.8, 4) is 0 Å². The standard InChI is InChI=1S/C10H17NO3/c1-3-5-11-6-8(10(13)14)7(4-2)9(11)12/h7-8H,3-6H2,1-2H3,(H,13,14). The van der Waals surface area contributed by atoms with E-state index in [9.17, 15) is 9.59 Å². The summed E-state index contributed by atoms with van der Waals surface area (Å²) in [4.78, 5) is 24.3. The van der Waals surface area contributed by atoms with Crippen LogP contribution in [0.4, 0.5) is 0 Å². The van der Waals surface area contributed by atoms with Gasteiger partial charge in [-0.1, -0.05) is 13.8 Å². The molecule has 0 aromatic carbocycles. The maximum absolute atomic E-state index is 11.7. The number of carbonyl (C=O) groups excluding carboxylic acids is 1. The maximum Gasteiger partial charge on any atom is 0.309 e. The molecule has 0 saturated carbocycles. The second-order valence-corrected chi connectivity index (χ2v) is 3.74. The van der Waals surface area contributed by atoms with Gasteiger partial charge in [0.2, 0.25) is 5.91 Å². The average Bonchev–Trinajstić information content (AvgIpc) is 2.44. The Balaban J connectivity index is 2.73. The summed E-state index contributed by atoms with van der Waals surface area (Å²) in [5, 5.41) is 8.94. The Labute approximate surface area is 83.9 Å². The molecule has 1 amide bonds. The largest absolute Gasteiger partial charge is 0.481 e. The zero-order valence-electron chi connectivity index (χ0n) is 8.69. The summed E-state index contributed by atoms with van der Waals surface area (Å²) in [6, 6.07) is 0. The van der Waals surface area contributed by atoms with Crippen molar-refractivity contribution in [3.05, 3.63) is 0 Å². The van der Waals surface area contributed by atoms with E-state index in [2.05, 4.69) is 0 Å². The fourth-order valence-corrected chi connectivity index (χ4v) is 2.04. The third-order valence-electron chi connectivity index (χ3n) is 2.78. The van der Waals surface area contributed by atoms with Gasteiger partial charge >= 0.3 is 5.97 Å². The van der Waals surface area contributed by atoms with E-state index in [1.54, 1.807) is 4.90 Å². The minimum Gasteiger partial charge on any atom is -0.481 e. The van der Waals surface area contributed by atoms with Gasteiger partial charge in [0.25, 0.3) is 0 Å². The minimum absolute atomic E-state index is 0.0155. The molecule has 2 atom stereocenters. The Morgan fingerprint density at radius 1 is 1.57 bits per heavy atom. The summed E-state index contributed by atoms with van der Waals surface area (Å²) in [7, 11) is 0. The van der Waals surface area contributed by atoms with E-state index in [4.69, 9.17) is 5.11 Å². The number of hydrogen-bond acceptors (Lipinski definition) is 2. The van der Waals surface area contributed by atoms with Gasteiger partial charge in [0.1, 0.15) is 0 Å². The number of carboxylic acids is 1. The Morgan fingerprint density at radius 2 is 2.21 bits per heavy atom. The van der Waals surface area contributed by atoms with Crippen LogP contribution in [0.1, 0.15) is 26.7 Å². The molecule has 1 fully saturated rings. The van der Waals surface area contributed by atoms with Crippen LogP contribution in [0, 0.1) is 11.8 Å². The molecule has 0 radical (unpaired) electrons. The summed E-state index contributed by atoms with van der Waals surface area (Å²) in [6.07, 6.45) is 1.50. The van der Waals surface area contributed by atoms with Gasteiger partial charge in [-0.3, -0.25) is 9.59 Å². The number of hydrogen-bond donors (Lipinski definition) is 1. The number of amides is 1. The first kappa shape index (κ1) is 11.0. The van der Waals surface area contributed by atoms with E-state index in [1.165, 1.54) is 0 Å². The summed E-state index contributed by atoms with van der Waals surface area (Å²) >= 11 is 0. The normalized spacial score (nSPS) is 27.0. The highest BCUT2D eigenvalue weighted by molar-refractivity contribution is 5.88. The van der Waals surface area contributed by atoms with Crippen molar-refractivity contribution in [1.29, 1.82) is 0 Å². The molecule has 80 valence electrons. The van der Waals surface area contributed by atoms with Gasteiger partial charge in [0, 0.05) is 13.1 Å². The maximum atomic E-state index is 11.7. The van der Waals surface area contributed by atoms with Gasteiger partial charge in [-0.2, -0.15) is 0 Å². The van der Waals surface area contributed by atoms with Gasteiger partial charge < -0.3 is 10.0 Å². The first-order valence-corrected chi connectivity index (χ1v) is 5.13. The second-order valence-electron chi connectivity index (χ2n) is 3.74. The summed E-state index contributed by atoms with van der Waals surface area (Å²) in [5.41, 5.74) is 0. The van der Waals surface area contributed by atoms with Crippen molar-refractivity contribution in [1.82, 2.24) is 4.90 Å². The molecule has 0 bridgehead atoms. The molecule has 0 aromatic rings. The molecular formula is C10H17NO3. The number of carbonyl (C=O) groups is 2. The SMILES string of the molecule is CCCN1CC(C(=O)O)C(CC)C1=O. The molecule has 1 rings (SSSR count). The minimum atomic E-state index is -0.844. The highest BCUT2D eigenvalue weighted by Gasteiger charge is 2.42. The Bertz CT molecular complexity index is 240. The summed E-state index contributed by atoms with van der Waals surface area (Å²) in [5.74, 6) is -1.64. The van der Waals surface area contributed by atoms with Crippen LogP contribution in [0.25, 0.3) is 0 Å². The zero-order valence-corrected chi connectivity index (χ0v) is 8.69. The number of likely N-dealkylation sites (tertiary alicyclic amines) is 1. The third-order valence-corrected chi connectivity index (χ3v) is 2.78. The fourth-order valence-electron chi connectivity index (χ4n) is 2.04. The molecule has 2 unspecified atom stereocenters. The molecule has 0 aliphatic carbocycles. The monoisotopic (exact) mass is 199 g/mol. The van der Waals surface area contributed by atoms with E-state index in [-0.39, 0.29) is 11.8 Å². The molecule has 1 aliphatic rings. The number of carboxylic acid groups (broad SMARTS) is 1. The molecule has 4 heteroatoms. The molecule has 1 aliphatic heterocycles. The van der Waals surface area contributed by atoms with Crippen LogP contribution in [0.3, 0.4) is 0 Å². The number of aliphatic carboxylic acids is 1. The van der Waals surface area contributed by atoms with Gasteiger partial charge in [-0.25, -0.2) is 0 Å². The highest BCUT2D eigenvalue weighted by atomic mass is 16.4. The van der Waals surface area contributed by atoms with E-state index in [0.29, 0.717) is 19.5 Å². The molecule has 0 spiro atoms. The van der Waals surface area contributed by atoms with Crippen LogP contribution in [0.2, 0.25) is 0 Å². The molecule has 1 heterocycles. The number of rotatable bonds is 4. The predicted molar refractivity (Wildman–Crippen MR) is 51.8 cm³/mol. The lowest BCUT2D eigenvalue weighted by Gasteiger charge is -2.14. The van der Waals surface area contributed by atoms with Crippen molar-refractivity contribution in [2.24, 2.45) is 11.8 Å². The summed E-state index contributed by atoms with van der Waals surface area (Å²) < 4.78 is 0. The van der Waals surface area contributed by atoms with Crippen molar-refractivity contribution in [2.75, 3.05) is 13.1 Å². The molecule has 4 nitrogen and oxygen atoms in total. The number of nitrogens with zero attached hydrogens (tertiary/aromatic N) is 1. The Kier molecular flexibility index (Phi) is 3.49. The van der Waals surface area contributed by atoms with E-state index in [0.717, 1.165) is 6.42 Å². The first-order valence-electron chi connectivity index (χ1n) is 5.13. The van der Waals surface area contributed by atoms with Crippen LogP contribution in [0.5, 0.6) is 0 Å². The smallest absolute Gasteiger partial charge is 0.309 e. The van der Waals surface area contributed by atoms with Crippen molar-refractivity contribution >= 4 is 11.9 Å². The average molecular weight is 199 g/mol. The van der Waals surface area contributed by atoms with E-state index in [1.807, 2.05) is 13.8 Å². The van der Waals surface area contributed by atoms with Crippen molar-refractivity contribution < 1.29 is 14.7 Å². The first-order chi connectivity index (χ1) is 6.61. The zero-order chi connectivity index (χ0) is 10.7. The lowest BCUT2D eigenvalue weighted by molar-refractivity contribution is -0.144. The third kappa shape index (κ3) is 1.89.